The van der Waals surface area contributed by atoms with E-state index in [-0.39, 0.29) is 5.41 Å². The Morgan fingerprint density at radius 1 is 1.37 bits per heavy atom. The predicted molar refractivity (Wildman–Crippen MR) is 83.1 cm³/mol. The Morgan fingerprint density at radius 3 is 2.63 bits per heavy atom. The van der Waals surface area contributed by atoms with Gasteiger partial charge in [0.2, 0.25) is 0 Å². The number of thioether (sulfide) groups is 1. The number of hydrogen-bond donors (Lipinski definition) is 2. The number of oxime groups is 1. The maximum absolute atomic E-state index is 8.73. The van der Waals surface area contributed by atoms with E-state index in [4.69, 9.17) is 10.9 Å². The molecule has 0 spiro atoms. The second kappa shape index (κ2) is 6.85. The lowest BCUT2D eigenvalue weighted by Crippen LogP contribution is -2.31. The SMILES string of the molecule is Cc1ccc(SCCCC(C)(C)C(N)=NO)c(C)c1. The van der Waals surface area contributed by atoms with Gasteiger partial charge in [-0.25, -0.2) is 0 Å². The van der Waals surface area contributed by atoms with Crippen molar-refractivity contribution in [2.45, 2.75) is 45.4 Å². The maximum Gasteiger partial charge on any atom is 0.144 e. The summed E-state index contributed by atoms with van der Waals surface area (Å²) in [5.74, 6) is 1.36. The summed E-state index contributed by atoms with van der Waals surface area (Å²) in [6.45, 7) is 8.27. The van der Waals surface area contributed by atoms with Gasteiger partial charge in [-0.3, -0.25) is 0 Å². The van der Waals surface area contributed by atoms with Gasteiger partial charge in [0.1, 0.15) is 5.84 Å². The van der Waals surface area contributed by atoms with E-state index >= 15 is 0 Å². The van der Waals surface area contributed by atoms with Crippen molar-refractivity contribution >= 4 is 17.6 Å². The first-order valence-electron chi connectivity index (χ1n) is 6.55. The van der Waals surface area contributed by atoms with Crippen LogP contribution in [-0.4, -0.2) is 16.8 Å². The van der Waals surface area contributed by atoms with Crippen LogP contribution < -0.4 is 5.73 Å². The number of nitrogens with zero attached hydrogens (tertiary/aromatic N) is 1. The van der Waals surface area contributed by atoms with Gasteiger partial charge in [-0.1, -0.05) is 36.7 Å². The second-order valence-corrected chi connectivity index (χ2v) is 6.73. The van der Waals surface area contributed by atoms with Crippen molar-refractivity contribution in [3.05, 3.63) is 29.3 Å². The molecule has 3 nitrogen and oxygen atoms in total. The van der Waals surface area contributed by atoms with E-state index in [9.17, 15) is 0 Å². The molecule has 0 bridgehead atoms. The molecule has 1 aromatic rings. The molecule has 1 aromatic carbocycles. The van der Waals surface area contributed by atoms with Gasteiger partial charge in [0.25, 0.3) is 0 Å². The van der Waals surface area contributed by atoms with Gasteiger partial charge < -0.3 is 10.9 Å². The van der Waals surface area contributed by atoms with Crippen LogP contribution in [0, 0.1) is 19.3 Å². The van der Waals surface area contributed by atoms with Crippen molar-refractivity contribution in [1.29, 1.82) is 0 Å². The van der Waals surface area contributed by atoms with Crippen molar-refractivity contribution in [3.8, 4) is 0 Å². The van der Waals surface area contributed by atoms with Gasteiger partial charge in [0.05, 0.1) is 0 Å². The average molecular weight is 280 g/mol. The second-order valence-electron chi connectivity index (χ2n) is 5.59. The molecule has 0 atom stereocenters. The minimum Gasteiger partial charge on any atom is -0.409 e. The zero-order chi connectivity index (χ0) is 14.5. The summed E-state index contributed by atoms with van der Waals surface area (Å²) in [5, 5.41) is 11.8. The molecule has 0 radical (unpaired) electrons. The molecule has 1 rings (SSSR count). The topological polar surface area (TPSA) is 58.6 Å². The van der Waals surface area contributed by atoms with Crippen LogP contribution in [0.4, 0.5) is 0 Å². The van der Waals surface area contributed by atoms with E-state index in [1.54, 1.807) is 0 Å². The van der Waals surface area contributed by atoms with Crippen molar-refractivity contribution in [3.63, 3.8) is 0 Å². The molecule has 0 saturated carbocycles. The lowest BCUT2D eigenvalue weighted by atomic mass is 9.87. The van der Waals surface area contributed by atoms with Crippen molar-refractivity contribution in [2.75, 3.05) is 5.75 Å². The largest absolute Gasteiger partial charge is 0.409 e. The lowest BCUT2D eigenvalue weighted by Gasteiger charge is -2.22. The van der Waals surface area contributed by atoms with Crippen LogP contribution in [0.3, 0.4) is 0 Å². The van der Waals surface area contributed by atoms with E-state index in [0.29, 0.717) is 5.84 Å². The molecule has 0 aliphatic carbocycles. The number of hydrogen-bond acceptors (Lipinski definition) is 3. The molecule has 0 saturated heterocycles. The van der Waals surface area contributed by atoms with Gasteiger partial charge >= 0.3 is 0 Å². The standard InChI is InChI=1S/C15H24N2OS/c1-11-6-7-13(12(2)10-11)19-9-5-8-15(3,4)14(16)17-18/h6-7,10,18H,5,8-9H2,1-4H3,(H2,16,17). The third kappa shape index (κ3) is 4.78. The molecule has 106 valence electrons. The summed E-state index contributed by atoms with van der Waals surface area (Å²) < 4.78 is 0. The number of aryl methyl sites for hydroxylation is 2. The Bertz CT molecular complexity index is 455. The minimum absolute atomic E-state index is 0.238. The minimum atomic E-state index is -0.238. The normalized spacial score (nSPS) is 12.7. The fraction of sp³-hybridized carbons (Fsp3) is 0.533. The molecule has 3 N–H and O–H groups in total. The van der Waals surface area contributed by atoms with E-state index in [2.05, 4.69) is 37.2 Å². The van der Waals surface area contributed by atoms with Crippen molar-refractivity contribution in [1.82, 2.24) is 0 Å². The number of nitrogens with two attached hydrogens (primary N) is 1. The fourth-order valence-electron chi connectivity index (χ4n) is 1.92. The molecule has 19 heavy (non-hydrogen) atoms. The Morgan fingerprint density at radius 2 is 2.05 bits per heavy atom. The third-order valence-corrected chi connectivity index (χ3v) is 4.60. The molecule has 0 fully saturated rings. The van der Waals surface area contributed by atoms with Gasteiger partial charge in [-0.15, -0.1) is 11.8 Å². The molecule has 0 heterocycles. The van der Waals surface area contributed by atoms with Crippen LogP contribution in [0.15, 0.2) is 28.3 Å². The molecule has 0 amide bonds. The summed E-state index contributed by atoms with van der Waals surface area (Å²) >= 11 is 1.87. The van der Waals surface area contributed by atoms with E-state index in [0.717, 1.165) is 18.6 Å². The van der Waals surface area contributed by atoms with Crippen LogP contribution in [0.1, 0.15) is 37.8 Å². The molecular weight excluding hydrogens is 256 g/mol. The first-order valence-corrected chi connectivity index (χ1v) is 7.53. The highest BCUT2D eigenvalue weighted by atomic mass is 32.2. The van der Waals surface area contributed by atoms with Crippen molar-refractivity contribution < 1.29 is 5.21 Å². The summed E-state index contributed by atoms with van der Waals surface area (Å²) in [4.78, 5) is 1.34. The predicted octanol–water partition coefficient (Wildman–Crippen LogP) is 3.95. The summed E-state index contributed by atoms with van der Waals surface area (Å²) in [7, 11) is 0. The average Bonchev–Trinajstić information content (AvgIpc) is 2.35. The van der Waals surface area contributed by atoms with Crippen LogP contribution in [0.5, 0.6) is 0 Å². The van der Waals surface area contributed by atoms with Gasteiger partial charge in [0, 0.05) is 10.3 Å². The molecule has 4 heteroatoms. The van der Waals surface area contributed by atoms with Crippen LogP contribution in [0.25, 0.3) is 0 Å². The summed E-state index contributed by atoms with van der Waals surface area (Å²) in [6.07, 6.45) is 1.96. The first-order chi connectivity index (χ1) is 8.86. The molecule has 0 aromatic heterocycles. The Hall–Kier alpha value is -1.16. The van der Waals surface area contributed by atoms with Crippen LogP contribution >= 0.6 is 11.8 Å². The van der Waals surface area contributed by atoms with Gasteiger partial charge in [-0.05, 0) is 44.1 Å². The quantitative estimate of drug-likeness (QED) is 0.207. The highest BCUT2D eigenvalue weighted by Gasteiger charge is 2.22. The van der Waals surface area contributed by atoms with E-state index in [1.165, 1.54) is 16.0 Å². The highest BCUT2D eigenvalue weighted by Crippen LogP contribution is 2.27. The van der Waals surface area contributed by atoms with Gasteiger partial charge in [0.15, 0.2) is 0 Å². The Labute approximate surface area is 120 Å². The van der Waals surface area contributed by atoms with Gasteiger partial charge in [-0.2, -0.15) is 0 Å². The molecular formula is C15H24N2OS. The third-order valence-electron chi connectivity index (χ3n) is 3.34. The van der Waals surface area contributed by atoms with Crippen molar-refractivity contribution in [2.24, 2.45) is 16.3 Å². The summed E-state index contributed by atoms with van der Waals surface area (Å²) in [6, 6.07) is 6.54. The monoisotopic (exact) mass is 280 g/mol. The number of benzene rings is 1. The van der Waals surface area contributed by atoms with E-state index in [1.807, 2.05) is 25.6 Å². The zero-order valence-corrected chi connectivity index (χ0v) is 13.0. The molecule has 0 aliphatic rings. The summed E-state index contributed by atoms with van der Waals surface area (Å²) in [5.41, 5.74) is 8.07. The number of amidine groups is 1. The smallest absolute Gasteiger partial charge is 0.144 e. The Kier molecular flexibility index (Phi) is 5.73. The van der Waals surface area contributed by atoms with Crippen LogP contribution in [-0.2, 0) is 0 Å². The fourth-order valence-corrected chi connectivity index (χ4v) is 2.88. The first kappa shape index (κ1) is 15.9. The maximum atomic E-state index is 8.73. The molecule has 0 aliphatic heterocycles. The Balaban J connectivity index is 2.43. The van der Waals surface area contributed by atoms with Crippen LogP contribution in [0.2, 0.25) is 0 Å². The highest BCUT2D eigenvalue weighted by molar-refractivity contribution is 7.99. The zero-order valence-electron chi connectivity index (χ0n) is 12.2. The molecule has 0 unspecified atom stereocenters. The van der Waals surface area contributed by atoms with E-state index < -0.39 is 0 Å². The lowest BCUT2D eigenvalue weighted by molar-refractivity contribution is 0.305. The number of rotatable bonds is 6.